The molecule has 0 unspecified atom stereocenters. The van der Waals surface area contributed by atoms with Gasteiger partial charge in [-0.15, -0.1) is 0 Å². The molecule has 1 aromatic carbocycles. The number of aliphatic hydroxyl groups excluding tert-OH is 1. The Morgan fingerprint density at radius 2 is 2.07 bits per heavy atom. The fraction of sp³-hybridized carbons (Fsp3) is 0.591. The third-order valence-corrected chi connectivity index (χ3v) is 7.44. The van der Waals surface area contributed by atoms with Gasteiger partial charge in [-0.25, -0.2) is 0 Å². The number of piperidine rings is 1. The summed E-state index contributed by atoms with van der Waals surface area (Å²) in [6, 6.07) is 6.31. The maximum absolute atomic E-state index is 12.1. The normalized spacial score (nSPS) is 33.2. The average Bonchev–Trinajstić information content (AvgIpc) is 3.09. The number of nitrogens with one attached hydrogen (secondary N) is 1. The standard InChI is InChI=1S/C22H28N2O5.ClH/c1-28-12-3-4-13-14-5-6-24-10-11-7-18(25)21(29-2)19(22(26)27)15(11)9-17(24)20(14)23-16(13)8-12;/h3-4,8,11,15,17-19,21,23,25H,5-7,9-10H2,1-2H3,(H,26,27);1H/p-1/t11-,15+,17-,18-,19+,21+;/m1./s1. The van der Waals surface area contributed by atoms with Gasteiger partial charge in [0.05, 0.1) is 31.3 Å². The van der Waals surface area contributed by atoms with Crippen molar-refractivity contribution in [1.82, 2.24) is 9.88 Å². The van der Waals surface area contributed by atoms with Crippen LogP contribution in [0.4, 0.5) is 0 Å². The molecule has 2 aliphatic heterocycles. The average molecular weight is 436 g/mol. The zero-order valence-electron chi connectivity index (χ0n) is 17.2. The number of rotatable bonds is 3. The van der Waals surface area contributed by atoms with Crippen molar-refractivity contribution in [2.75, 3.05) is 27.3 Å². The second kappa shape index (κ2) is 8.04. The van der Waals surface area contributed by atoms with Crippen molar-refractivity contribution in [3.05, 3.63) is 29.5 Å². The number of methoxy groups -OCH3 is 2. The van der Waals surface area contributed by atoms with Gasteiger partial charge in [0.1, 0.15) is 5.75 Å². The van der Waals surface area contributed by atoms with E-state index in [2.05, 4.69) is 16.0 Å². The smallest absolute Gasteiger partial charge is 0.309 e. The molecule has 6 atom stereocenters. The molecule has 164 valence electrons. The van der Waals surface area contributed by atoms with Gasteiger partial charge < -0.3 is 37.1 Å². The zero-order chi connectivity index (χ0) is 20.3. The highest BCUT2D eigenvalue weighted by molar-refractivity contribution is 5.86. The molecule has 2 aromatic rings. The van der Waals surface area contributed by atoms with E-state index >= 15 is 0 Å². The van der Waals surface area contributed by atoms with Gasteiger partial charge in [-0.3, -0.25) is 9.69 Å². The highest BCUT2D eigenvalue weighted by Crippen LogP contribution is 2.49. The number of aliphatic carboxylic acids is 1. The Bertz CT molecular complexity index is 947. The Morgan fingerprint density at radius 3 is 2.77 bits per heavy atom. The molecule has 0 bridgehead atoms. The van der Waals surface area contributed by atoms with Crippen molar-refractivity contribution < 1.29 is 36.9 Å². The number of H-pyrrole nitrogens is 1. The summed E-state index contributed by atoms with van der Waals surface area (Å²) in [5, 5.41) is 21.7. The first-order valence-corrected chi connectivity index (χ1v) is 10.4. The number of carboxylic acid groups (broad SMARTS) is 1. The Morgan fingerprint density at radius 1 is 1.27 bits per heavy atom. The van der Waals surface area contributed by atoms with E-state index in [1.54, 1.807) is 7.11 Å². The van der Waals surface area contributed by atoms with Crippen LogP contribution in [0.2, 0.25) is 0 Å². The van der Waals surface area contributed by atoms with E-state index in [0.29, 0.717) is 6.42 Å². The lowest BCUT2D eigenvalue weighted by Gasteiger charge is -2.52. The van der Waals surface area contributed by atoms with E-state index in [1.807, 2.05) is 12.1 Å². The van der Waals surface area contributed by atoms with E-state index in [4.69, 9.17) is 9.47 Å². The summed E-state index contributed by atoms with van der Waals surface area (Å²) >= 11 is 0. The molecule has 7 nitrogen and oxygen atoms in total. The summed E-state index contributed by atoms with van der Waals surface area (Å²) in [4.78, 5) is 18.2. The van der Waals surface area contributed by atoms with Crippen LogP contribution < -0.4 is 17.1 Å². The van der Waals surface area contributed by atoms with Crippen LogP contribution in [0.3, 0.4) is 0 Å². The summed E-state index contributed by atoms with van der Waals surface area (Å²) in [6.07, 6.45) is 0.981. The Labute approximate surface area is 181 Å². The number of nitrogens with zero attached hydrogens (tertiary/aromatic N) is 1. The lowest BCUT2D eigenvalue weighted by molar-refractivity contribution is -0.172. The SMILES string of the molecule is COc1ccc2c3c([nH]c2c1)[C@H]1C[C@H]2[C@H](C[C@@H](O)[C@H](OC)[C@H]2C(=O)O)CN1CC3.[Cl-]. The number of fused-ring (bicyclic) bond motifs is 6. The van der Waals surface area contributed by atoms with Crippen LogP contribution in [0.15, 0.2) is 18.2 Å². The summed E-state index contributed by atoms with van der Waals surface area (Å²) in [6.45, 7) is 1.78. The van der Waals surface area contributed by atoms with Crippen molar-refractivity contribution in [2.45, 2.75) is 37.5 Å². The van der Waals surface area contributed by atoms with Crippen LogP contribution in [0.25, 0.3) is 10.9 Å². The molecule has 3 heterocycles. The monoisotopic (exact) mass is 435 g/mol. The molecule has 3 aliphatic rings. The van der Waals surface area contributed by atoms with E-state index in [-0.39, 0.29) is 30.3 Å². The highest BCUT2D eigenvalue weighted by atomic mass is 35.5. The maximum atomic E-state index is 12.1. The molecule has 3 N–H and O–H groups in total. The predicted molar refractivity (Wildman–Crippen MR) is 107 cm³/mol. The summed E-state index contributed by atoms with van der Waals surface area (Å²) < 4.78 is 10.8. The van der Waals surface area contributed by atoms with Crippen LogP contribution >= 0.6 is 0 Å². The Kier molecular flexibility index (Phi) is 5.74. The van der Waals surface area contributed by atoms with Crippen LogP contribution in [0.1, 0.15) is 30.1 Å². The summed E-state index contributed by atoms with van der Waals surface area (Å²) in [5.74, 6) is -0.539. The molecule has 5 rings (SSSR count). The number of aromatic nitrogens is 1. The highest BCUT2D eigenvalue weighted by Gasteiger charge is 2.52. The molecule has 0 radical (unpaired) electrons. The fourth-order valence-electron chi connectivity index (χ4n) is 6.15. The second-order valence-corrected chi connectivity index (χ2v) is 8.72. The van der Waals surface area contributed by atoms with Gasteiger partial charge in [0.15, 0.2) is 0 Å². The van der Waals surface area contributed by atoms with E-state index in [9.17, 15) is 15.0 Å². The number of aromatic amines is 1. The number of halogens is 1. The van der Waals surface area contributed by atoms with E-state index in [1.165, 1.54) is 23.8 Å². The van der Waals surface area contributed by atoms with Crippen molar-refractivity contribution in [1.29, 1.82) is 0 Å². The molecule has 30 heavy (non-hydrogen) atoms. The first-order valence-electron chi connectivity index (χ1n) is 10.4. The van der Waals surface area contributed by atoms with Crippen molar-refractivity contribution in [2.24, 2.45) is 17.8 Å². The topological polar surface area (TPSA) is 95.0 Å². The van der Waals surface area contributed by atoms with Gasteiger partial charge in [-0.05, 0) is 48.8 Å². The number of carbonyl (C=O) groups is 1. The number of ether oxygens (including phenoxy) is 2. The van der Waals surface area contributed by atoms with Crippen molar-refractivity contribution in [3.8, 4) is 5.75 Å². The first kappa shape index (κ1) is 21.4. The minimum Gasteiger partial charge on any atom is -1.00 e. The van der Waals surface area contributed by atoms with Gasteiger partial charge in [-0.1, -0.05) is 0 Å². The molecular formula is C22H28ClN2O5-. The predicted octanol–water partition coefficient (Wildman–Crippen LogP) is -0.804. The summed E-state index contributed by atoms with van der Waals surface area (Å²) in [5.41, 5.74) is 3.62. The fourth-order valence-corrected chi connectivity index (χ4v) is 6.15. The Hall–Kier alpha value is -1.80. The molecule has 1 saturated heterocycles. The lowest BCUT2D eigenvalue weighted by Crippen LogP contribution is -3.00. The number of aliphatic hydroxyl groups is 1. The van der Waals surface area contributed by atoms with Crippen LogP contribution in [0, 0.1) is 17.8 Å². The molecule has 1 aromatic heterocycles. The van der Waals surface area contributed by atoms with E-state index in [0.717, 1.165) is 37.2 Å². The zero-order valence-corrected chi connectivity index (χ0v) is 17.9. The second-order valence-electron chi connectivity index (χ2n) is 8.72. The minimum atomic E-state index is -0.864. The molecule has 2 fully saturated rings. The number of hydrogen-bond donors (Lipinski definition) is 3. The Balaban J connectivity index is 0.00000218. The lowest BCUT2D eigenvalue weighted by atomic mass is 9.64. The van der Waals surface area contributed by atoms with Crippen LogP contribution in [0.5, 0.6) is 5.75 Å². The minimum absolute atomic E-state index is 0. The molecule has 1 aliphatic carbocycles. The molecule has 0 spiro atoms. The van der Waals surface area contributed by atoms with Crippen LogP contribution in [-0.2, 0) is 16.0 Å². The quantitative estimate of drug-likeness (QED) is 0.584. The van der Waals surface area contributed by atoms with Crippen molar-refractivity contribution >= 4 is 16.9 Å². The largest absolute Gasteiger partial charge is 1.00 e. The third kappa shape index (κ3) is 3.19. The van der Waals surface area contributed by atoms with E-state index < -0.39 is 24.1 Å². The van der Waals surface area contributed by atoms with Crippen LogP contribution in [-0.4, -0.2) is 65.6 Å². The van der Waals surface area contributed by atoms with Gasteiger partial charge >= 0.3 is 5.97 Å². The number of carboxylic acids is 1. The van der Waals surface area contributed by atoms with Gasteiger partial charge in [0.25, 0.3) is 0 Å². The molecule has 0 amide bonds. The maximum Gasteiger partial charge on any atom is 0.309 e. The number of hydrogen-bond acceptors (Lipinski definition) is 5. The number of benzene rings is 1. The van der Waals surface area contributed by atoms with Gasteiger partial charge in [-0.2, -0.15) is 0 Å². The third-order valence-electron chi connectivity index (χ3n) is 7.44. The summed E-state index contributed by atoms with van der Waals surface area (Å²) in [7, 11) is 3.17. The van der Waals surface area contributed by atoms with Crippen molar-refractivity contribution in [3.63, 3.8) is 0 Å². The first-order chi connectivity index (χ1) is 14.0. The van der Waals surface area contributed by atoms with Gasteiger partial charge in [0.2, 0.25) is 0 Å². The molecular weight excluding hydrogens is 408 g/mol. The molecule has 1 saturated carbocycles. The van der Waals surface area contributed by atoms with Gasteiger partial charge in [0, 0.05) is 42.9 Å². The molecule has 8 heteroatoms.